The van der Waals surface area contributed by atoms with Crippen LogP contribution in [0.5, 0.6) is 0 Å². The third kappa shape index (κ3) is 5.85. The standard InChI is InChI=1S/C17H24ClN5O/c1-3-4-5-6-10-20-17(19-2)21-12-15-22-16(23-24-15)13-8-7-9-14(18)11-13/h7-9,11H,3-6,10,12H2,1-2H3,(H2,19,20,21). The predicted molar refractivity (Wildman–Crippen MR) is 97.1 cm³/mol. The minimum absolute atomic E-state index is 0.419. The first-order chi connectivity index (χ1) is 11.7. The highest BCUT2D eigenvalue weighted by Crippen LogP contribution is 2.19. The molecule has 6 nitrogen and oxygen atoms in total. The lowest BCUT2D eigenvalue weighted by Crippen LogP contribution is -2.37. The molecular weight excluding hydrogens is 326 g/mol. The second-order valence-corrected chi connectivity index (χ2v) is 5.87. The van der Waals surface area contributed by atoms with Crippen LogP contribution in [0, 0.1) is 0 Å². The van der Waals surface area contributed by atoms with E-state index in [2.05, 4.69) is 32.7 Å². The van der Waals surface area contributed by atoms with E-state index in [1.807, 2.05) is 18.2 Å². The number of rotatable bonds is 8. The zero-order valence-electron chi connectivity index (χ0n) is 14.2. The van der Waals surface area contributed by atoms with Crippen molar-refractivity contribution in [1.82, 2.24) is 20.8 Å². The number of hydrogen-bond donors (Lipinski definition) is 2. The number of guanidine groups is 1. The van der Waals surface area contributed by atoms with Gasteiger partial charge in [-0.25, -0.2) is 0 Å². The van der Waals surface area contributed by atoms with Gasteiger partial charge in [-0.15, -0.1) is 0 Å². The van der Waals surface area contributed by atoms with Gasteiger partial charge in [0.25, 0.3) is 0 Å². The van der Waals surface area contributed by atoms with Gasteiger partial charge in [0.1, 0.15) is 0 Å². The molecule has 1 heterocycles. The van der Waals surface area contributed by atoms with Gasteiger partial charge < -0.3 is 15.2 Å². The number of nitrogens with zero attached hydrogens (tertiary/aromatic N) is 3. The molecular formula is C17H24ClN5O. The summed E-state index contributed by atoms with van der Waals surface area (Å²) in [7, 11) is 1.74. The average Bonchev–Trinajstić information content (AvgIpc) is 3.06. The van der Waals surface area contributed by atoms with Gasteiger partial charge >= 0.3 is 0 Å². The molecule has 24 heavy (non-hydrogen) atoms. The van der Waals surface area contributed by atoms with Gasteiger partial charge in [-0.1, -0.05) is 55.1 Å². The molecule has 1 aromatic heterocycles. The molecule has 0 unspecified atom stereocenters. The van der Waals surface area contributed by atoms with E-state index in [-0.39, 0.29) is 0 Å². The largest absolute Gasteiger partial charge is 0.356 e. The van der Waals surface area contributed by atoms with Crippen molar-refractivity contribution < 1.29 is 4.52 Å². The van der Waals surface area contributed by atoms with E-state index in [0.29, 0.717) is 23.3 Å². The Kier molecular flexibility index (Phi) is 7.55. The van der Waals surface area contributed by atoms with E-state index in [0.717, 1.165) is 24.5 Å². The zero-order chi connectivity index (χ0) is 17.2. The molecule has 1 aromatic carbocycles. The quantitative estimate of drug-likeness (QED) is 0.432. The zero-order valence-corrected chi connectivity index (χ0v) is 14.9. The topological polar surface area (TPSA) is 75.3 Å². The van der Waals surface area contributed by atoms with E-state index in [4.69, 9.17) is 16.1 Å². The second-order valence-electron chi connectivity index (χ2n) is 5.44. The Hall–Kier alpha value is -2.08. The first-order valence-corrected chi connectivity index (χ1v) is 8.63. The molecule has 0 atom stereocenters. The SMILES string of the molecule is CCCCCCNC(=NC)NCc1nc(-c2cccc(Cl)c2)no1. The van der Waals surface area contributed by atoms with Crippen molar-refractivity contribution in [3.05, 3.63) is 35.2 Å². The van der Waals surface area contributed by atoms with Gasteiger partial charge in [-0.3, -0.25) is 4.99 Å². The maximum atomic E-state index is 5.98. The Morgan fingerprint density at radius 1 is 1.25 bits per heavy atom. The van der Waals surface area contributed by atoms with Gasteiger partial charge in [0.05, 0.1) is 6.54 Å². The van der Waals surface area contributed by atoms with Crippen molar-refractivity contribution in [3.63, 3.8) is 0 Å². The van der Waals surface area contributed by atoms with Gasteiger partial charge in [0.2, 0.25) is 11.7 Å². The summed E-state index contributed by atoms with van der Waals surface area (Å²) in [5.74, 6) is 1.75. The monoisotopic (exact) mass is 349 g/mol. The minimum atomic E-state index is 0.419. The molecule has 0 fully saturated rings. The number of nitrogens with one attached hydrogen (secondary N) is 2. The van der Waals surface area contributed by atoms with Crippen molar-refractivity contribution in [2.75, 3.05) is 13.6 Å². The van der Waals surface area contributed by atoms with Crippen LogP contribution in [0.1, 0.15) is 38.5 Å². The summed E-state index contributed by atoms with van der Waals surface area (Å²) < 4.78 is 5.26. The number of hydrogen-bond acceptors (Lipinski definition) is 4. The van der Waals surface area contributed by atoms with Crippen LogP contribution in [0.3, 0.4) is 0 Å². The molecule has 0 amide bonds. The van der Waals surface area contributed by atoms with Gasteiger partial charge in [-0.05, 0) is 18.6 Å². The van der Waals surface area contributed by atoms with Crippen molar-refractivity contribution in [1.29, 1.82) is 0 Å². The van der Waals surface area contributed by atoms with Crippen LogP contribution in [-0.4, -0.2) is 29.7 Å². The normalized spacial score (nSPS) is 11.5. The van der Waals surface area contributed by atoms with Crippen LogP contribution in [0.4, 0.5) is 0 Å². The fourth-order valence-electron chi connectivity index (χ4n) is 2.21. The molecule has 2 rings (SSSR count). The molecule has 0 saturated heterocycles. The molecule has 0 spiro atoms. The maximum absolute atomic E-state index is 5.98. The summed E-state index contributed by atoms with van der Waals surface area (Å²) >= 11 is 5.98. The van der Waals surface area contributed by atoms with Crippen LogP contribution < -0.4 is 10.6 Å². The Balaban J connectivity index is 1.81. The molecule has 2 N–H and O–H groups in total. The summed E-state index contributed by atoms with van der Waals surface area (Å²) in [5, 5.41) is 11.1. The fraction of sp³-hybridized carbons (Fsp3) is 0.471. The smallest absolute Gasteiger partial charge is 0.246 e. The Labute approximate surface area is 147 Å². The van der Waals surface area contributed by atoms with Crippen LogP contribution in [0.25, 0.3) is 11.4 Å². The molecule has 0 aliphatic heterocycles. The Morgan fingerprint density at radius 2 is 2.12 bits per heavy atom. The molecule has 130 valence electrons. The van der Waals surface area contributed by atoms with Gasteiger partial charge in [0.15, 0.2) is 5.96 Å². The van der Waals surface area contributed by atoms with Crippen LogP contribution in [0.2, 0.25) is 5.02 Å². The number of benzene rings is 1. The number of halogens is 1. The maximum Gasteiger partial charge on any atom is 0.246 e. The number of aromatic nitrogens is 2. The summed E-state index contributed by atoms with van der Waals surface area (Å²) in [4.78, 5) is 8.55. The summed E-state index contributed by atoms with van der Waals surface area (Å²) in [6, 6.07) is 7.37. The van der Waals surface area contributed by atoms with Crippen LogP contribution >= 0.6 is 11.6 Å². The highest BCUT2D eigenvalue weighted by Gasteiger charge is 2.09. The van der Waals surface area contributed by atoms with Crippen LogP contribution in [0.15, 0.2) is 33.8 Å². The minimum Gasteiger partial charge on any atom is -0.356 e. The fourth-order valence-corrected chi connectivity index (χ4v) is 2.40. The van der Waals surface area contributed by atoms with Crippen molar-refractivity contribution in [2.45, 2.75) is 39.2 Å². The third-order valence-electron chi connectivity index (χ3n) is 3.50. The lowest BCUT2D eigenvalue weighted by atomic mass is 10.2. The van der Waals surface area contributed by atoms with E-state index in [1.54, 1.807) is 13.1 Å². The predicted octanol–water partition coefficient (Wildman–Crippen LogP) is 3.64. The first-order valence-electron chi connectivity index (χ1n) is 8.26. The highest BCUT2D eigenvalue weighted by molar-refractivity contribution is 6.30. The summed E-state index contributed by atoms with van der Waals surface area (Å²) in [5.41, 5.74) is 0.830. The van der Waals surface area contributed by atoms with Crippen molar-refractivity contribution in [3.8, 4) is 11.4 Å². The number of aliphatic imine (C=N–C) groups is 1. The van der Waals surface area contributed by atoms with Gasteiger partial charge in [-0.2, -0.15) is 4.98 Å². The van der Waals surface area contributed by atoms with Crippen molar-refractivity contribution >= 4 is 17.6 Å². The van der Waals surface area contributed by atoms with Gasteiger partial charge in [0, 0.05) is 24.2 Å². The van der Waals surface area contributed by atoms with E-state index in [1.165, 1.54) is 19.3 Å². The van der Waals surface area contributed by atoms with E-state index < -0.39 is 0 Å². The highest BCUT2D eigenvalue weighted by atomic mass is 35.5. The molecule has 2 aromatic rings. The number of unbranched alkanes of at least 4 members (excludes halogenated alkanes) is 3. The Morgan fingerprint density at radius 3 is 2.88 bits per heavy atom. The molecule has 0 aliphatic rings. The Bertz CT molecular complexity index is 656. The van der Waals surface area contributed by atoms with E-state index in [9.17, 15) is 0 Å². The molecule has 0 radical (unpaired) electrons. The molecule has 0 bridgehead atoms. The average molecular weight is 350 g/mol. The third-order valence-corrected chi connectivity index (χ3v) is 3.74. The summed E-state index contributed by atoms with van der Waals surface area (Å²) in [6.07, 6.45) is 4.86. The lowest BCUT2D eigenvalue weighted by Gasteiger charge is -2.09. The first kappa shape index (κ1) is 18.3. The summed E-state index contributed by atoms with van der Waals surface area (Å²) in [6.45, 7) is 3.52. The molecule has 0 saturated carbocycles. The van der Waals surface area contributed by atoms with Crippen LogP contribution in [-0.2, 0) is 6.54 Å². The lowest BCUT2D eigenvalue weighted by molar-refractivity contribution is 0.375. The molecule has 0 aliphatic carbocycles. The molecule has 7 heteroatoms. The second kappa shape index (κ2) is 9.93. The van der Waals surface area contributed by atoms with E-state index >= 15 is 0 Å². The van der Waals surface area contributed by atoms with Crippen molar-refractivity contribution in [2.24, 2.45) is 4.99 Å².